The van der Waals surface area contributed by atoms with Gasteiger partial charge in [0, 0.05) is 6.54 Å². The van der Waals surface area contributed by atoms with Gasteiger partial charge in [-0.3, -0.25) is 4.79 Å². The van der Waals surface area contributed by atoms with E-state index in [1.807, 2.05) is 55.5 Å². The number of sulfonamides is 1. The third-order valence-electron chi connectivity index (χ3n) is 4.49. The number of benzene rings is 2. The summed E-state index contributed by atoms with van der Waals surface area (Å²) in [6, 6.07) is 14.9. The molecule has 0 saturated heterocycles. The zero-order valence-corrected chi connectivity index (χ0v) is 18.0. The second-order valence-corrected chi connectivity index (χ2v) is 8.94. The van der Waals surface area contributed by atoms with Crippen molar-refractivity contribution in [3.63, 3.8) is 0 Å². The minimum absolute atomic E-state index is 0.120. The van der Waals surface area contributed by atoms with E-state index in [4.69, 9.17) is 10.00 Å². The van der Waals surface area contributed by atoms with Gasteiger partial charge in [0.2, 0.25) is 10.0 Å². The van der Waals surface area contributed by atoms with Gasteiger partial charge in [-0.15, -0.1) is 0 Å². The second kappa shape index (κ2) is 9.68. The van der Waals surface area contributed by atoms with Crippen molar-refractivity contribution in [2.45, 2.75) is 45.1 Å². The molecule has 0 N–H and O–H groups in total. The zero-order chi connectivity index (χ0) is 21.6. The zero-order valence-electron chi connectivity index (χ0n) is 17.2. The lowest BCUT2D eigenvalue weighted by atomic mass is 10.1. The summed E-state index contributed by atoms with van der Waals surface area (Å²) >= 11 is 0. The molecule has 154 valence electrons. The fraction of sp³-hybridized carbons (Fsp3) is 0.364. The van der Waals surface area contributed by atoms with E-state index in [0.717, 1.165) is 15.4 Å². The fourth-order valence-electron chi connectivity index (χ4n) is 3.29. The van der Waals surface area contributed by atoms with Gasteiger partial charge in [0.05, 0.1) is 4.90 Å². The highest BCUT2D eigenvalue weighted by Crippen LogP contribution is 2.25. The first-order chi connectivity index (χ1) is 13.6. The first-order valence-electron chi connectivity index (χ1n) is 9.36. The lowest BCUT2D eigenvalue weighted by Crippen LogP contribution is -2.39. The summed E-state index contributed by atoms with van der Waals surface area (Å²) in [6.07, 6.45) is -0.491. The number of nitrogens with zero attached hydrogens (tertiary/aromatic N) is 2. The number of esters is 1. The molecule has 0 amide bonds. The number of carbonyl (C=O) groups is 1. The summed E-state index contributed by atoms with van der Waals surface area (Å²) in [6.45, 7) is 6.51. The summed E-state index contributed by atoms with van der Waals surface area (Å²) in [4.78, 5) is 12.5. The molecule has 2 rings (SSSR count). The van der Waals surface area contributed by atoms with Crippen LogP contribution in [0.3, 0.4) is 0 Å². The van der Waals surface area contributed by atoms with E-state index in [0.29, 0.717) is 17.5 Å². The normalized spacial score (nSPS) is 12.4. The monoisotopic (exact) mass is 414 g/mol. The van der Waals surface area contributed by atoms with Crippen molar-refractivity contribution in [3.05, 3.63) is 64.7 Å². The van der Waals surface area contributed by atoms with Gasteiger partial charge < -0.3 is 4.74 Å². The molecule has 0 unspecified atom stereocenters. The van der Waals surface area contributed by atoms with Gasteiger partial charge >= 0.3 is 5.97 Å². The van der Waals surface area contributed by atoms with Crippen molar-refractivity contribution in [2.24, 2.45) is 0 Å². The van der Waals surface area contributed by atoms with E-state index in [1.165, 1.54) is 6.92 Å². The Morgan fingerprint density at radius 2 is 1.72 bits per heavy atom. The molecular weight excluding hydrogens is 388 g/mol. The standard InChI is InChI=1S/C22H26N2O4S/c1-16-12-17(2)22(18(3)13-16)29(26,27)24(15-21(25)28-19(4)14-23)11-10-20-8-6-5-7-9-20/h5-9,12-13,19H,10-11,15H2,1-4H3/t19-/m1/s1. The van der Waals surface area contributed by atoms with Gasteiger partial charge in [0.15, 0.2) is 6.10 Å². The van der Waals surface area contributed by atoms with Crippen molar-refractivity contribution in [1.29, 1.82) is 5.26 Å². The molecule has 0 aromatic heterocycles. The van der Waals surface area contributed by atoms with Gasteiger partial charge in [-0.1, -0.05) is 48.0 Å². The average molecular weight is 415 g/mol. The number of aryl methyl sites for hydroxylation is 3. The molecule has 2 aromatic rings. The van der Waals surface area contributed by atoms with E-state index in [2.05, 4.69) is 0 Å². The Morgan fingerprint density at radius 3 is 2.28 bits per heavy atom. The summed E-state index contributed by atoms with van der Waals surface area (Å²) in [5, 5.41) is 8.85. The minimum Gasteiger partial charge on any atom is -0.446 e. The lowest BCUT2D eigenvalue weighted by molar-refractivity contribution is -0.146. The molecule has 1 atom stereocenters. The largest absolute Gasteiger partial charge is 0.446 e. The number of ether oxygens (including phenoxy) is 1. The van der Waals surface area contributed by atoms with Crippen LogP contribution >= 0.6 is 0 Å². The molecule has 7 heteroatoms. The van der Waals surface area contributed by atoms with Crippen LogP contribution in [0.15, 0.2) is 47.4 Å². The molecule has 0 aliphatic carbocycles. The number of hydrogen-bond acceptors (Lipinski definition) is 5. The molecule has 0 fully saturated rings. The molecule has 0 saturated carbocycles. The number of rotatable bonds is 8. The van der Waals surface area contributed by atoms with Crippen LogP contribution in [0.1, 0.15) is 29.2 Å². The quantitative estimate of drug-likeness (QED) is 0.619. The Balaban J connectivity index is 2.37. The predicted octanol–water partition coefficient (Wildman–Crippen LogP) is 3.30. The topological polar surface area (TPSA) is 87.5 Å². The molecule has 2 aromatic carbocycles. The Hall–Kier alpha value is -2.69. The van der Waals surface area contributed by atoms with Gasteiger partial charge in [0.1, 0.15) is 12.6 Å². The molecule has 0 spiro atoms. The van der Waals surface area contributed by atoms with E-state index in [-0.39, 0.29) is 11.4 Å². The SMILES string of the molecule is Cc1cc(C)c(S(=O)(=O)N(CCc2ccccc2)CC(=O)O[C@H](C)C#N)c(C)c1. The van der Waals surface area contributed by atoms with Gasteiger partial charge in [-0.05, 0) is 50.8 Å². The van der Waals surface area contributed by atoms with E-state index < -0.39 is 28.6 Å². The number of carbonyl (C=O) groups excluding carboxylic acids is 1. The molecule has 29 heavy (non-hydrogen) atoms. The third kappa shape index (κ3) is 5.89. The molecule has 0 bridgehead atoms. The van der Waals surface area contributed by atoms with Crippen molar-refractivity contribution in [3.8, 4) is 6.07 Å². The molecule has 6 nitrogen and oxygen atoms in total. The van der Waals surface area contributed by atoms with E-state index in [1.54, 1.807) is 13.8 Å². The van der Waals surface area contributed by atoms with Crippen molar-refractivity contribution in [1.82, 2.24) is 4.31 Å². The van der Waals surface area contributed by atoms with Gasteiger partial charge in [-0.2, -0.15) is 9.57 Å². The summed E-state index contributed by atoms with van der Waals surface area (Å²) in [7, 11) is -3.94. The smallest absolute Gasteiger partial charge is 0.322 e. The molecule has 0 aliphatic rings. The Bertz CT molecular complexity index is 988. The maximum atomic E-state index is 13.5. The van der Waals surface area contributed by atoms with Gasteiger partial charge in [-0.25, -0.2) is 8.42 Å². The van der Waals surface area contributed by atoms with Crippen LogP contribution in [-0.4, -0.2) is 37.9 Å². The van der Waals surface area contributed by atoms with Crippen LogP contribution in [0.5, 0.6) is 0 Å². The minimum atomic E-state index is -3.94. The van der Waals surface area contributed by atoms with Crippen molar-refractivity contribution < 1.29 is 17.9 Å². The first kappa shape index (κ1) is 22.6. The van der Waals surface area contributed by atoms with Crippen molar-refractivity contribution in [2.75, 3.05) is 13.1 Å². The Morgan fingerprint density at radius 1 is 1.14 bits per heavy atom. The summed E-state index contributed by atoms with van der Waals surface area (Å²) < 4.78 is 33.0. The highest BCUT2D eigenvalue weighted by molar-refractivity contribution is 7.89. The molecule has 0 radical (unpaired) electrons. The summed E-state index contributed by atoms with van der Waals surface area (Å²) in [5.74, 6) is -0.752. The van der Waals surface area contributed by atoms with E-state index >= 15 is 0 Å². The van der Waals surface area contributed by atoms with Crippen LogP contribution in [0.25, 0.3) is 0 Å². The predicted molar refractivity (Wildman–Crippen MR) is 111 cm³/mol. The number of hydrogen-bond donors (Lipinski definition) is 0. The maximum absolute atomic E-state index is 13.5. The first-order valence-corrected chi connectivity index (χ1v) is 10.8. The van der Waals surface area contributed by atoms with Gasteiger partial charge in [0.25, 0.3) is 0 Å². The highest BCUT2D eigenvalue weighted by Gasteiger charge is 2.30. The fourth-order valence-corrected chi connectivity index (χ4v) is 5.09. The Labute approximate surface area is 172 Å². The molecular formula is C22H26N2O4S. The van der Waals surface area contributed by atoms with E-state index in [9.17, 15) is 13.2 Å². The summed E-state index contributed by atoms with van der Waals surface area (Å²) in [5.41, 5.74) is 3.19. The lowest BCUT2D eigenvalue weighted by Gasteiger charge is -2.24. The molecule has 0 aliphatic heterocycles. The highest BCUT2D eigenvalue weighted by atomic mass is 32.2. The second-order valence-electron chi connectivity index (χ2n) is 7.06. The van der Waals surface area contributed by atoms with Crippen LogP contribution in [0.4, 0.5) is 0 Å². The van der Waals surface area contributed by atoms with Crippen LogP contribution in [-0.2, 0) is 26.0 Å². The number of nitriles is 1. The third-order valence-corrected chi connectivity index (χ3v) is 6.64. The Kier molecular flexibility index (Phi) is 7.54. The molecule has 0 heterocycles. The van der Waals surface area contributed by atoms with Crippen LogP contribution in [0.2, 0.25) is 0 Å². The van der Waals surface area contributed by atoms with Crippen LogP contribution < -0.4 is 0 Å². The van der Waals surface area contributed by atoms with Crippen LogP contribution in [0, 0.1) is 32.1 Å². The van der Waals surface area contributed by atoms with Crippen molar-refractivity contribution >= 4 is 16.0 Å². The average Bonchev–Trinajstić information content (AvgIpc) is 2.64. The maximum Gasteiger partial charge on any atom is 0.322 e.